The van der Waals surface area contributed by atoms with Gasteiger partial charge in [-0.1, -0.05) is 0 Å². The van der Waals surface area contributed by atoms with Gasteiger partial charge in [0.2, 0.25) is 0 Å². The molecule has 0 saturated heterocycles. The molecule has 0 aliphatic carbocycles. The first-order chi connectivity index (χ1) is 5.57. The number of hydrogen-bond donors (Lipinski definition) is 4. The second-order valence-electron chi connectivity index (χ2n) is 2.04. The number of hydrogen-bond acceptors (Lipinski definition) is 6. The predicted octanol–water partition coefficient (Wildman–Crippen LogP) is -1.71. The maximum absolute atomic E-state index is 10.6. The van der Waals surface area contributed by atoms with Crippen LogP contribution in [0.5, 0.6) is 0 Å². The quantitative estimate of drug-likeness (QED) is 0.427. The second-order valence-corrected chi connectivity index (χ2v) is 5.93. The Labute approximate surface area is 72.3 Å². The van der Waals surface area contributed by atoms with Crippen LogP contribution in [0, 0.1) is 0 Å². The van der Waals surface area contributed by atoms with Crippen LogP contribution in [-0.2, 0) is 8.52 Å². The van der Waals surface area contributed by atoms with Crippen LogP contribution in [0.3, 0.4) is 0 Å². The van der Waals surface area contributed by atoms with E-state index in [0.717, 1.165) is 0 Å². The van der Waals surface area contributed by atoms with Crippen LogP contribution < -0.4 is 0 Å². The van der Waals surface area contributed by atoms with Crippen LogP contribution >= 0.6 is 0 Å². The Bertz CT molecular complexity index is 236. The van der Waals surface area contributed by atoms with Gasteiger partial charge in [-0.15, -0.1) is 0 Å². The summed E-state index contributed by atoms with van der Waals surface area (Å²) in [5, 5.41) is 35.2. The van der Waals surface area contributed by atoms with Gasteiger partial charge in [-0.25, -0.2) is 0 Å². The van der Waals surface area contributed by atoms with E-state index >= 15 is 0 Å². The first-order valence-electron chi connectivity index (χ1n) is 3.00. The summed E-state index contributed by atoms with van der Waals surface area (Å²) in [4.78, 5) is 9.30. The van der Waals surface area contributed by atoms with Crippen LogP contribution in [0.4, 0.5) is 0 Å². The number of carbonyl (C=O) groups is 1. The molecule has 1 aliphatic heterocycles. The Morgan fingerprint density at radius 3 is 2.42 bits per heavy atom. The minimum atomic E-state index is -2.81. The van der Waals surface area contributed by atoms with Crippen molar-refractivity contribution in [1.82, 2.24) is 0 Å². The molecule has 68 valence electrons. The Morgan fingerprint density at radius 2 is 2.08 bits per heavy atom. The van der Waals surface area contributed by atoms with Gasteiger partial charge in [0.1, 0.15) is 0 Å². The summed E-state index contributed by atoms with van der Waals surface area (Å²) in [5.74, 6) is -1.90. The first-order valence-corrected chi connectivity index (χ1v) is 5.79. The molecule has 0 fully saturated rings. The van der Waals surface area contributed by atoms with E-state index in [9.17, 15) is 4.79 Å². The molecular formula is C5H7AsO6. The molecule has 0 aromatic rings. The van der Waals surface area contributed by atoms with E-state index in [1.807, 2.05) is 0 Å². The molecule has 2 atom stereocenters. The Balaban J connectivity index is 2.80. The SMILES string of the molecule is O=C1O[As]([C@H](O)CO)C(O)=C1O. The van der Waals surface area contributed by atoms with E-state index in [1.54, 1.807) is 0 Å². The summed E-state index contributed by atoms with van der Waals surface area (Å²) in [6, 6.07) is 0. The molecule has 12 heavy (non-hydrogen) atoms. The topological polar surface area (TPSA) is 107 Å². The van der Waals surface area contributed by atoms with Gasteiger partial charge in [-0.3, -0.25) is 0 Å². The summed E-state index contributed by atoms with van der Waals surface area (Å²) in [6.07, 6.45) is 0. The van der Waals surface area contributed by atoms with Crippen molar-refractivity contribution in [1.29, 1.82) is 0 Å². The van der Waals surface area contributed by atoms with Crippen LogP contribution in [0.2, 0.25) is 0 Å². The average Bonchev–Trinajstić information content (AvgIpc) is 2.32. The Hall–Kier alpha value is -0.712. The number of aliphatic hydroxyl groups is 4. The van der Waals surface area contributed by atoms with Gasteiger partial charge in [0.05, 0.1) is 0 Å². The van der Waals surface area contributed by atoms with Gasteiger partial charge in [-0.05, 0) is 0 Å². The molecular weight excluding hydrogens is 231 g/mol. The van der Waals surface area contributed by atoms with Crippen LogP contribution in [0.1, 0.15) is 0 Å². The summed E-state index contributed by atoms with van der Waals surface area (Å²) >= 11 is -2.81. The summed E-state index contributed by atoms with van der Waals surface area (Å²) < 4.78 is 3.86. The predicted molar refractivity (Wildman–Crippen MR) is 37.2 cm³/mol. The van der Waals surface area contributed by atoms with E-state index in [2.05, 4.69) is 3.73 Å². The van der Waals surface area contributed by atoms with Gasteiger partial charge < -0.3 is 0 Å². The van der Waals surface area contributed by atoms with Crippen molar-refractivity contribution in [3.05, 3.63) is 10.3 Å². The fourth-order valence-corrected chi connectivity index (χ4v) is 3.17. The number of aliphatic hydroxyl groups excluding tert-OH is 4. The third-order valence-electron chi connectivity index (χ3n) is 1.23. The molecule has 6 nitrogen and oxygen atoms in total. The van der Waals surface area contributed by atoms with Gasteiger partial charge >= 0.3 is 71.7 Å². The number of rotatable bonds is 2. The zero-order valence-electron chi connectivity index (χ0n) is 5.84. The maximum atomic E-state index is 10.6. The summed E-state index contributed by atoms with van der Waals surface area (Å²) in [5.41, 5.74) is 0. The molecule has 0 saturated carbocycles. The molecule has 1 heterocycles. The van der Waals surface area contributed by atoms with Crippen LogP contribution in [-0.4, -0.2) is 52.9 Å². The van der Waals surface area contributed by atoms with Gasteiger partial charge in [0.15, 0.2) is 0 Å². The Kier molecular flexibility index (Phi) is 2.61. The standard InChI is InChI=1S/C5H7AsO6/c7-1-2(8)6-4(10)3(9)5(11)12-6/h2,7-10H,1H2/t2-,6?/m1/s1. The molecule has 0 aromatic carbocycles. The van der Waals surface area contributed by atoms with Crippen molar-refractivity contribution in [2.24, 2.45) is 0 Å². The molecule has 0 aromatic heterocycles. The van der Waals surface area contributed by atoms with Crippen LogP contribution in [0.25, 0.3) is 0 Å². The first kappa shape index (κ1) is 9.38. The second kappa shape index (κ2) is 3.35. The van der Waals surface area contributed by atoms with E-state index in [0.29, 0.717) is 0 Å². The molecule has 4 N–H and O–H groups in total. The molecule has 0 radical (unpaired) electrons. The van der Waals surface area contributed by atoms with Crippen molar-refractivity contribution in [2.75, 3.05) is 6.61 Å². The van der Waals surface area contributed by atoms with Crippen molar-refractivity contribution >= 4 is 21.0 Å². The summed E-state index contributed by atoms with van der Waals surface area (Å²) in [7, 11) is 0. The zero-order chi connectivity index (χ0) is 9.30. The minimum absolute atomic E-state index is 0.603. The molecule has 0 spiro atoms. The van der Waals surface area contributed by atoms with Crippen molar-refractivity contribution < 1.29 is 28.9 Å². The molecule has 1 unspecified atom stereocenters. The normalized spacial score (nSPS) is 25.8. The van der Waals surface area contributed by atoms with E-state index < -0.39 is 42.8 Å². The average molecular weight is 238 g/mol. The van der Waals surface area contributed by atoms with Crippen molar-refractivity contribution in [2.45, 2.75) is 4.89 Å². The van der Waals surface area contributed by atoms with Gasteiger partial charge in [0, 0.05) is 0 Å². The van der Waals surface area contributed by atoms with E-state index in [1.165, 1.54) is 0 Å². The third kappa shape index (κ3) is 1.41. The Morgan fingerprint density at radius 1 is 1.50 bits per heavy atom. The van der Waals surface area contributed by atoms with Gasteiger partial charge in [-0.2, -0.15) is 0 Å². The van der Waals surface area contributed by atoms with Crippen molar-refractivity contribution in [3.8, 4) is 0 Å². The molecule has 0 amide bonds. The van der Waals surface area contributed by atoms with E-state index in [4.69, 9.17) is 20.4 Å². The molecule has 1 aliphatic rings. The van der Waals surface area contributed by atoms with E-state index in [-0.39, 0.29) is 0 Å². The molecule has 7 heteroatoms. The number of carbonyl (C=O) groups excluding carboxylic acids is 1. The zero-order valence-corrected chi connectivity index (χ0v) is 7.71. The molecule has 0 bridgehead atoms. The fourth-order valence-electron chi connectivity index (χ4n) is 0.648. The monoisotopic (exact) mass is 238 g/mol. The van der Waals surface area contributed by atoms with Crippen molar-refractivity contribution in [3.63, 3.8) is 0 Å². The third-order valence-corrected chi connectivity index (χ3v) is 4.79. The summed E-state index contributed by atoms with van der Waals surface area (Å²) in [6.45, 7) is -0.607. The van der Waals surface area contributed by atoms with Crippen LogP contribution in [0.15, 0.2) is 10.3 Å². The molecule has 1 rings (SSSR count). The fraction of sp³-hybridized carbons (Fsp3) is 0.400. The van der Waals surface area contributed by atoms with Gasteiger partial charge in [0.25, 0.3) is 0 Å².